The minimum Gasteiger partial charge on any atom is -0.393 e. The number of halogens is 1. The summed E-state index contributed by atoms with van der Waals surface area (Å²) in [6, 6.07) is 8.65. The van der Waals surface area contributed by atoms with Gasteiger partial charge in [-0.1, -0.05) is 30.3 Å². The first kappa shape index (κ1) is 16.9. The number of nitrogens with two attached hydrogens (primary N) is 1. The molecule has 0 aromatic heterocycles. The molecule has 0 aliphatic rings. The van der Waals surface area contributed by atoms with Crippen LogP contribution in [-0.4, -0.2) is 35.6 Å². The van der Waals surface area contributed by atoms with Crippen molar-refractivity contribution in [3.05, 3.63) is 35.9 Å². The van der Waals surface area contributed by atoms with E-state index in [4.69, 9.17) is 10.8 Å². The second-order valence-corrected chi connectivity index (χ2v) is 4.29. The van der Waals surface area contributed by atoms with Gasteiger partial charge >= 0.3 is 0 Å². The van der Waals surface area contributed by atoms with Crippen LogP contribution in [0, 0.1) is 0 Å². The normalized spacial score (nSPS) is 13.3. The summed E-state index contributed by atoms with van der Waals surface area (Å²) in [6.07, 6.45) is 0.155. The van der Waals surface area contributed by atoms with E-state index in [1.54, 1.807) is 18.9 Å². The number of nitrogens with zero attached hydrogens (tertiary/aromatic N) is 1. The van der Waals surface area contributed by atoms with E-state index >= 15 is 0 Å². The number of aliphatic hydroxyl groups is 1. The van der Waals surface area contributed by atoms with Gasteiger partial charge in [-0.15, -0.1) is 12.4 Å². The van der Waals surface area contributed by atoms with Gasteiger partial charge in [0.15, 0.2) is 0 Å². The third-order valence-corrected chi connectivity index (χ3v) is 2.68. The summed E-state index contributed by atoms with van der Waals surface area (Å²) in [7, 11) is 1.70. The van der Waals surface area contributed by atoms with Crippen LogP contribution in [0.15, 0.2) is 30.3 Å². The Morgan fingerprint density at radius 2 is 1.94 bits per heavy atom. The highest BCUT2D eigenvalue weighted by Gasteiger charge is 2.19. The smallest absolute Gasteiger partial charge is 0.243 e. The molecular formula is C13H21ClN2O2. The van der Waals surface area contributed by atoms with Gasteiger partial charge in [0.05, 0.1) is 6.10 Å². The van der Waals surface area contributed by atoms with Gasteiger partial charge in [-0.2, -0.15) is 0 Å². The summed E-state index contributed by atoms with van der Waals surface area (Å²) >= 11 is 0. The third-order valence-electron chi connectivity index (χ3n) is 2.68. The lowest BCUT2D eigenvalue weighted by Gasteiger charge is -2.22. The lowest BCUT2D eigenvalue weighted by molar-refractivity contribution is -0.131. The average molecular weight is 273 g/mol. The molecule has 1 amide bonds. The minimum absolute atomic E-state index is 0. The Hall–Kier alpha value is -1.10. The van der Waals surface area contributed by atoms with Crippen molar-refractivity contribution in [2.45, 2.75) is 25.5 Å². The van der Waals surface area contributed by atoms with Crippen molar-refractivity contribution in [2.75, 3.05) is 13.6 Å². The van der Waals surface area contributed by atoms with Gasteiger partial charge < -0.3 is 15.7 Å². The average Bonchev–Trinajstić information content (AvgIpc) is 2.35. The standard InChI is InChI=1S/C13H20N2O2.ClH/c1-10(16)8-9-15(2)13(17)12(14)11-6-4-3-5-7-11;/h3-7,10,12,16H,8-9,14H2,1-2H3;1H. The van der Waals surface area contributed by atoms with Gasteiger partial charge in [0, 0.05) is 13.6 Å². The number of amides is 1. The Bertz CT molecular complexity index is 357. The molecule has 5 heteroatoms. The first-order chi connectivity index (χ1) is 8.02. The lowest BCUT2D eigenvalue weighted by Crippen LogP contribution is -2.37. The highest BCUT2D eigenvalue weighted by atomic mass is 35.5. The van der Waals surface area contributed by atoms with Gasteiger partial charge in [-0.3, -0.25) is 4.79 Å². The Kier molecular flexibility index (Phi) is 7.59. The van der Waals surface area contributed by atoms with Gasteiger partial charge in [-0.05, 0) is 18.9 Å². The van der Waals surface area contributed by atoms with Crippen LogP contribution < -0.4 is 5.73 Å². The highest BCUT2D eigenvalue weighted by Crippen LogP contribution is 2.12. The molecule has 0 radical (unpaired) electrons. The summed E-state index contributed by atoms with van der Waals surface area (Å²) in [5, 5.41) is 9.17. The number of aliphatic hydroxyl groups excluding tert-OH is 1. The summed E-state index contributed by atoms with van der Waals surface area (Å²) in [5.41, 5.74) is 6.70. The molecule has 18 heavy (non-hydrogen) atoms. The monoisotopic (exact) mass is 272 g/mol. The molecule has 1 aromatic carbocycles. The van der Waals surface area contributed by atoms with Crippen LogP contribution in [0.2, 0.25) is 0 Å². The predicted octanol–water partition coefficient (Wildman–Crippen LogP) is 1.34. The Labute approximate surface area is 114 Å². The van der Waals surface area contributed by atoms with Crippen molar-refractivity contribution >= 4 is 18.3 Å². The zero-order valence-electron chi connectivity index (χ0n) is 10.7. The molecule has 0 spiro atoms. The van der Waals surface area contributed by atoms with E-state index in [2.05, 4.69) is 0 Å². The number of likely N-dealkylation sites (N-methyl/N-ethyl adjacent to an activating group) is 1. The largest absolute Gasteiger partial charge is 0.393 e. The number of carbonyl (C=O) groups excluding carboxylic acids is 1. The van der Waals surface area contributed by atoms with Gasteiger partial charge in [0.1, 0.15) is 6.04 Å². The summed E-state index contributed by atoms with van der Waals surface area (Å²) in [4.78, 5) is 13.5. The van der Waals surface area contributed by atoms with Crippen LogP contribution in [0.3, 0.4) is 0 Å². The van der Waals surface area contributed by atoms with Gasteiger partial charge in [0.2, 0.25) is 5.91 Å². The van der Waals surface area contributed by atoms with Crippen molar-refractivity contribution in [1.29, 1.82) is 0 Å². The maximum atomic E-state index is 12.0. The number of carbonyl (C=O) groups is 1. The van der Waals surface area contributed by atoms with E-state index in [0.717, 1.165) is 5.56 Å². The molecule has 0 aliphatic carbocycles. The fourth-order valence-electron chi connectivity index (χ4n) is 1.53. The van der Waals surface area contributed by atoms with E-state index in [1.165, 1.54) is 0 Å². The van der Waals surface area contributed by atoms with Gasteiger partial charge in [-0.25, -0.2) is 0 Å². The van der Waals surface area contributed by atoms with Crippen LogP contribution >= 0.6 is 12.4 Å². The quantitative estimate of drug-likeness (QED) is 0.850. The number of benzene rings is 1. The molecule has 0 saturated heterocycles. The molecular weight excluding hydrogens is 252 g/mol. The van der Waals surface area contributed by atoms with Crippen LogP contribution in [0.5, 0.6) is 0 Å². The second kappa shape index (κ2) is 8.08. The first-order valence-corrected chi connectivity index (χ1v) is 5.76. The summed E-state index contributed by atoms with van der Waals surface area (Å²) in [5.74, 6) is -0.128. The van der Waals surface area contributed by atoms with Crippen LogP contribution in [-0.2, 0) is 4.79 Å². The Balaban J connectivity index is 0.00000289. The predicted molar refractivity (Wildman–Crippen MR) is 74.6 cm³/mol. The van der Waals surface area contributed by atoms with Gasteiger partial charge in [0.25, 0.3) is 0 Å². The van der Waals surface area contributed by atoms with E-state index < -0.39 is 12.1 Å². The Morgan fingerprint density at radius 3 is 2.44 bits per heavy atom. The molecule has 2 unspecified atom stereocenters. The lowest BCUT2D eigenvalue weighted by atomic mass is 10.1. The fourth-order valence-corrected chi connectivity index (χ4v) is 1.53. The van der Waals surface area contributed by atoms with Crippen LogP contribution in [0.25, 0.3) is 0 Å². The SMILES string of the molecule is CC(O)CCN(C)C(=O)C(N)c1ccccc1.Cl. The number of rotatable bonds is 5. The molecule has 3 N–H and O–H groups in total. The highest BCUT2D eigenvalue weighted by molar-refractivity contribution is 5.85. The van der Waals surface area contributed by atoms with Crippen LogP contribution in [0.1, 0.15) is 24.9 Å². The summed E-state index contributed by atoms with van der Waals surface area (Å²) < 4.78 is 0. The third kappa shape index (κ3) is 5.04. The van der Waals surface area contributed by atoms with E-state index in [1.807, 2.05) is 30.3 Å². The molecule has 4 nitrogen and oxygen atoms in total. The molecule has 0 fully saturated rings. The van der Waals surface area contributed by atoms with Crippen molar-refractivity contribution in [1.82, 2.24) is 4.90 Å². The molecule has 0 aliphatic heterocycles. The molecule has 1 aromatic rings. The zero-order chi connectivity index (χ0) is 12.8. The maximum absolute atomic E-state index is 12.0. The van der Waals surface area contributed by atoms with Crippen LogP contribution in [0.4, 0.5) is 0 Å². The summed E-state index contributed by atoms with van der Waals surface area (Å²) in [6.45, 7) is 2.21. The Morgan fingerprint density at radius 1 is 1.39 bits per heavy atom. The van der Waals surface area contributed by atoms with Crippen molar-refractivity contribution in [3.8, 4) is 0 Å². The van der Waals surface area contributed by atoms with E-state index in [-0.39, 0.29) is 18.3 Å². The second-order valence-electron chi connectivity index (χ2n) is 4.29. The molecule has 2 atom stereocenters. The van der Waals surface area contributed by atoms with Crippen molar-refractivity contribution in [2.24, 2.45) is 5.73 Å². The molecule has 0 bridgehead atoms. The van der Waals surface area contributed by atoms with E-state index in [9.17, 15) is 4.79 Å². The van der Waals surface area contributed by atoms with E-state index in [0.29, 0.717) is 13.0 Å². The number of hydrogen-bond donors (Lipinski definition) is 2. The molecule has 1 rings (SSSR count). The molecule has 0 saturated carbocycles. The van der Waals surface area contributed by atoms with Crippen molar-refractivity contribution in [3.63, 3.8) is 0 Å². The maximum Gasteiger partial charge on any atom is 0.243 e. The first-order valence-electron chi connectivity index (χ1n) is 5.76. The fraction of sp³-hybridized carbons (Fsp3) is 0.462. The minimum atomic E-state index is -0.629. The zero-order valence-corrected chi connectivity index (χ0v) is 11.6. The number of hydrogen-bond acceptors (Lipinski definition) is 3. The topological polar surface area (TPSA) is 66.6 Å². The van der Waals surface area contributed by atoms with Crippen molar-refractivity contribution < 1.29 is 9.90 Å². The molecule has 102 valence electrons. The molecule has 0 heterocycles.